The molecule has 1 amide bonds. The Morgan fingerprint density at radius 1 is 1.24 bits per heavy atom. The molecule has 0 saturated heterocycles. The quantitative estimate of drug-likeness (QED) is 0.814. The summed E-state index contributed by atoms with van der Waals surface area (Å²) in [7, 11) is 3.62. The Kier molecular flexibility index (Phi) is 4.51. The van der Waals surface area contributed by atoms with Gasteiger partial charge in [0.25, 0.3) is 5.91 Å². The number of amides is 1. The van der Waals surface area contributed by atoms with E-state index in [9.17, 15) is 18.0 Å². The van der Waals surface area contributed by atoms with Gasteiger partial charge in [-0.25, -0.2) is 13.2 Å². The average molecular weight is 246 g/mol. The standard InChI is InChI=1S/C11H13F3N2O/c1-16(2)6-5-15-11(17)7-3-4-8(12)10(14)9(7)13/h3-4H,5-6H2,1-2H3,(H,15,17). The molecule has 0 radical (unpaired) electrons. The maximum Gasteiger partial charge on any atom is 0.254 e. The Hall–Kier alpha value is -1.56. The van der Waals surface area contributed by atoms with E-state index in [-0.39, 0.29) is 0 Å². The average Bonchev–Trinajstić information content (AvgIpc) is 2.25. The lowest BCUT2D eigenvalue weighted by molar-refractivity contribution is 0.0945. The Labute approximate surface area is 97.2 Å². The number of hydrogen-bond donors (Lipinski definition) is 1. The minimum atomic E-state index is -1.63. The molecule has 1 N–H and O–H groups in total. The zero-order valence-corrected chi connectivity index (χ0v) is 9.56. The molecule has 0 saturated carbocycles. The third kappa shape index (κ3) is 3.45. The lowest BCUT2D eigenvalue weighted by Crippen LogP contribution is -2.32. The van der Waals surface area contributed by atoms with Crippen molar-refractivity contribution in [1.82, 2.24) is 10.2 Å². The van der Waals surface area contributed by atoms with Crippen molar-refractivity contribution in [1.29, 1.82) is 0 Å². The molecule has 1 aromatic rings. The first-order valence-electron chi connectivity index (χ1n) is 5.00. The molecule has 94 valence electrons. The van der Waals surface area contributed by atoms with E-state index in [0.29, 0.717) is 13.1 Å². The fourth-order valence-electron chi connectivity index (χ4n) is 1.19. The second-order valence-electron chi connectivity index (χ2n) is 3.78. The van der Waals surface area contributed by atoms with Crippen molar-refractivity contribution in [3.63, 3.8) is 0 Å². The Bertz CT molecular complexity index is 421. The van der Waals surface area contributed by atoms with E-state index in [1.54, 1.807) is 0 Å². The van der Waals surface area contributed by atoms with Crippen molar-refractivity contribution in [2.75, 3.05) is 27.2 Å². The third-order valence-electron chi connectivity index (χ3n) is 2.12. The first kappa shape index (κ1) is 13.5. The third-order valence-corrected chi connectivity index (χ3v) is 2.12. The minimum absolute atomic E-state index is 0.296. The van der Waals surface area contributed by atoms with Crippen LogP contribution in [0.1, 0.15) is 10.4 Å². The molecular weight excluding hydrogens is 233 g/mol. The normalized spacial score (nSPS) is 10.7. The van der Waals surface area contributed by atoms with Crippen LogP contribution in [0.2, 0.25) is 0 Å². The van der Waals surface area contributed by atoms with E-state index in [2.05, 4.69) is 5.32 Å². The fourth-order valence-corrected chi connectivity index (χ4v) is 1.19. The van der Waals surface area contributed by atoms with Gasteiger partial charge < -0.3 is 10.2 Å². The van der Waals surface area contributed by atoms with Gasteiger partial charge in [-0.15, -0.1) is 0 Å². The van der Waals surface area contributed by atoms with Gasteiger partial charge in [-0.3, -0.25) is 4.79 Å². The molecule has 0 heterocycles. The lowest BCUT2D eigenvalue weighted by Gasteiger charge is -2.10. The van der Waals surface area contributed by atoms with E-state index in [1.165, 1.54) is 0 Å². The molecule has 1 aromatic carbocycles. The summed E-state index contributed by atoms with van der Waals surface area (Å²) in [6.07, 6.45) is 0. The number of halogens is 3. The van der Waals surface area contributed by atoms with E-state index in [0.717, 1.165) is 12.1 Å². The van der Waals surface area contributed by atoms with Gasteiger partial charge in [-0.05, 0) is 26.2 Å². The van der Waals surface area contributed by atoms with Gasteiger partial charge in [0.05, 0.1) is 5.56 Å². The van der Waals surface area contributed by atoms with Gasteiger partial charge in [0.15, 0.2) is 17.5 Å². The molecular formula is C11H13F3N2O. The van der Waals surface area contributed by atoms with Crippen molar-refractivity contribution in [2.45, 2.75) is 0 Å². The summed E-state index contributed by atoms with van der Waals surface area (Å²) < 4.78 is 38.7. The number of nitrogens with zero attached hydrogens (tertiary/aromatic N) is 1. The van der Waals surface area contributed by atoms with Crippen LogP contribution < -0.4 is 5.32 Å². The lowest BCUT2D eigenvalue weighted by atomic mass is 10.2. The van der Waals surface area contributed by atoms with Crippen LogP contribution in [0.3, 0.4) is 0 Å². The van der Waals surface area contributed by atoms with E-state index < -0.39 is 28.9 Å². The van der Waals surface area contributed by atoms with Gasteiger partial charge in [-0.1, -0.05) is 0 Å². The molecule has 0 aliphatic carbocycles. The molecule has 1 rings (SSSR count). The van der Waals surface area contributed by atoms with Gasteiger partial charge in [0.2, 0.25) is 0 Å². The summed E-state index contributed by atoms with van der Waals surface area (Å²) >= 11 is 0. The molecule has 0 aliphatic rings. The molecule has 0 atom stereocenters. The molecule has 0 bridgehead atoms. The van der Waals surface area contributed by atoms with E-state index >= 15 is 0 Å². The van der Waals surface area contributed by atoms with Crippen LogP contribution in [0.15, 0.2) is 12.1 Å². The van der Waals surface area contributed by atoms with Gasteiger partial charge in [-0.2, -0.15) is 0 Å². The van der Waals surface area contributed by atoms with Crippen molar-refractivity contribution in [2.24, 2.45) is 0 Å². The predicted octanol–water partition coefficient (Wildman–Crippen LogP) is 1.40. The number of carbonyl (C=O) groups excluding carboxylic acids is 1. The zero-order chi connectivity index (χ0) is 13.0. The predicted molar refractivity (Wildman–Crippen MR) is 57.2 cm³/mol. The molecule has 17 heavy (non-hydrogen) atoms. The topological polar surface area (TPSA) is 32.3 Å². The highest BCUT2D eigenvalue weighted by molar-refractivity contribution is 5.94. The highest BCUT2D eigenvalue weighted by Gasteiger charge is 2.18. The largest absolute Gasteiger partial charge is 0.351 e. The molecule has 3 nitrogen and oxygen atoms in total. The number of carbonyl (C=O) groups is 1. The molecule has 0 fully saturated rings. The summed E-state index contributed by atoms with van der Waals surface area (Å²) in [5.41, 5.74) is -0.498. The van der Waals surface area contributed by atoms with Crippen LogP contribution in [0.5, 0.6) is 0 Å². The molecule has 0 aromatic heterocycles. The number of hydrogen-bond acceptors (Lipinski definition) is 2. The number of benzene rings is 1. The van der Waals surface area contributed by atoms with Crippen molar-refractivity contribution < 1.29 is 18.0 Å². The maximum absolute atomic E-state index is 13.2. The van der Waals surface area contributed by atoms with Crippen LogP contribution in [0.25, 0.3) is 0 Å². The van der Waals surface area contributed by atoms with Crippen LogP contribution in [-0.2, 0) is 0 Å². The molecule has 0 aliphatic heterocycles. The summed E-state index contributed by atoms with van der Waals surface area (Å²) in [5.74, 6) is -5.17. The highest BCUT2D eigenvalue weighted by atomic mass is 19.2. The van der Waals surface area contributed by atoms with Crippen LogP contribution >= 0.6 is 0 Å². The minimum Gasteiger partial charge on any atom is -0.351 e. The number of rotatable bonds is 4. The fraction of sp³-hybridized carbons (Fsp3) is 0.364. The highest BCUT2D eigenvalue weighted by Crippen LogP contribution is 2.14. The van der Waals surface area contributed by atoms with Crippen molar-refractivity contribution in [3.05, 3.63) is 35.1 Å². The van der Waals surface area contributed by atoms with E-state index in [1.807, 2.05) is 19.0 Å². The smallest absolute Gasteiger partial charge is 0.254 e. The van der Waals surface area contributed by atoms with Crippen molar-refractivity contribution in [3.8, 4) is 0 Å². The van der Waals surface area contributed by atoms with Crippen LogP contribution in [-0.4, -0.2) is 38.0 Å². The molecule has 0 spiro atoms. The van der Waals surface area contributed by atoms with E-state index in [4.69, 9.17) is 0 Å². The second kappa shape index (κ2) is 5.67. The van der Waals surface area contributed by atoms with Gasteiger partial charge in [0.1, 0.15) is 0 Å². The van der Waals surface area contributed by atoms with Gasteiger partial charge in [0, 0.05) is 13.1 Å². The Morgan fingerprint density at radius 2 is 1.88 bits per heavy atom. The summed E-state index contributed by atoms with van der Waals surface area (Å²) in [4.78, 5) is 13.3. The first-order valence-corrected chi connectivity index (χ1v) is 5.00. The summed E-state index contributed by atoms with van der Waals surface area (Å²) in [6.45, 7) is 0.862. The summed E-state index contributed by atoms with van der Waals surface area (Å²) in [5, 5.41) is 2.41. The maximum atomic E-state index is 13.2. The van der Waals surface area contributed by atoms with Gasteiger partial charge >= 0.3 is 0 Å². The SMILES string of the molecule is CN(C)CCNC(=O)c1ccc(F)c(F)c1F. The number of likely N-dealkylation sites (N-methyl/N-ethyl adjacent to an activating group) is 1. The zero-order valence-electron chi connectivity index (χ0n) is 9.56. The second-order valence-corrected chi connectivity index (χ2v) is 3.78. The van der Waals surface area contributed by atoms with Crippen LogP contribution in [0.4, 0.5) is 13.2 Å². The monoisotopic (exact) mass is 246 g/mol. The Balaban J connectivity index is 2.73. The Morgan fingerprint density at radius 3 is 2.47 bits per heavy atom. The number of nitrogens with one attached hydrogen (secondary N) is 1. The summed E-state index contributed by atoms with van der Waals surface area (Å²) in [6, 6.07) is 1.64. The van der Waals surface area contributed by atoms with Crippen molar-refractivity contribution >= 4 is 5.91 Å². The first-order chi connectivity index (χ1) is 7.93. The molecule has 6 heteroatoms. The molecule has 0 unspecified atom stereocenters. The van der Waals surface area contributed by atoms with Crippen LogP contribution in [0, 0.1) is 17.5 Å².